The Morgan fingerprint density at radius 3 is 2.57 bits per heavy atom. The summed E-state index contributed by atoms with van der Waals surface area (Å²) in [5.41, 5.74) is 3.33. The maximum Gasteiger partial charge on any atom is 0.429 e. The van der Waals surface area contributed by atoms with Crippen molar-refractivity contribution in [1.82, 2.24) is 14.3 Å². The maximum atomic E-state index is 14.0. The third-order valence-electron chi connectivity index (χ3n) is 7.17. The minimum absolute atomic E-state index is 0.181. The Morgan fingerprint density at radius 2 is 1.84 bits per heavy atom. The third kappa shape index (κ3) is 4.70. The number of benzene rings is 2. The third-order valence-corrected chi connectivity index (χ3v) is 7.77. The van der Waals surface area contributed by atoms with Gasteiger partial charge in [-0.05, 0) is 67.9 Å². The maximum absolute atomic E-state index is 14.0. The van der Waals surface area contributed by atoms with E-state index in [4.69, 9.17) is 23.2 Å². The molecular formula is C28H28Cl2N5O2+. The van der Waals surface area contributed by atoms with Crippen LogP contribution in [0.3, 0.4) is 0 Å². The second-order valence-electron chi connectivity index (χ2n) is 9.49. The van der Waals surface area contributed by atoms with Gasteiger partial charge in [0.05, 0.1) is 24.5 Å². The molecule has 0 bridgehead atoms. The van der Waals surface area contributed by atoms with Gasteiger partial charge in [-0.15, -0.1) is 0 Å². The van der Waals surface area contributed by atoms with Crippen molar-refractivity contribution in [2.45, 2.75) is 39.3 Å². The molecule has 5 rings (SSSR count). The number of carbonyl (C=O) groups is 2. The number of carbonyl (C=O) groups excluding carboxylic acids is 2. The quantitative estimate of drug-likeness (QED) is 0.288. The number of hydrogen-bond donors (Lipinski definition) is 1. The topological polar surface area (TPSA) is 68.9 Å². The van der Waals surface area contributed by atoms with Crippen LogP contribution in [-0.4, -0.2) is 43.4 Å². The van der Waals surface area contributed by atoms with Crippen molar-refractivity contribution in [3.05, 3.63) is 100 Å². The summed E-state index contributed by atoms with van der Waals surface area (Å²) >= 11 is 12.5. The molecule has 0 spiro atoms. The number of rotatable bonds is 5. The van der Waals surface area contributed by atoms with E-state index in [1.165, 1.54) is 0 Å². The summed E-state index contributed by atoms with van der Waals surface area (Å²) in [7, 11) is 0. The number of urea groups is 1. The zero-order valence-electron chi connectivity index (χ0n) is 20.7. The van der Waals surface area contributed by atoms with Crippen LogP contribution in [0.5, 0.6) is 0 Å². The molecule has 1 unspecified atom stereocenters. The monoisotopic (exact) mass is 536 g/mol. The van der Waals surface area contributed by atoms with Crippen molar-refractivity contribution in [3.8, 4) is 5.69 Å². The van der Waals surface area contributed by atoms with Gasteiger partial charge in [0.1, 0.15) is 6.04 Å². The molecule has 1 aliphatic rings. The van der Waals surface area contributed by atoms with Gasteiger partial charge in [0.25, 0.3) is 0 Å². The Hall–Kier alpha value is -3.39. The molecule has 3 amide bonds. The normalized spacial score (nSPS) is 19.2. The molecule has 1 aliphatic heterocycles. The van der Waals surface area contributed by atoms with Crippen LogP contribution in [0.15, 0.2) is 73.1 Å². The summed E-state index contributed by atoms with van der Waals surface area (Å²) in [5, 5.41) is 8.83. The number of nitrogens with one attached hydrogen (secondary N) is 1. The number of halogens is 2. The summed E-state index contributed by atoms with van der Waals surface area (Å²) < 4.78 is 3.33. The zero-order chi connectivity index (χ0) is 26.2. The van der Waals surface area contributed by atoms with Crippen molar-refractivity contribution in [1.29, 1.82) is 0 Å². The van der Waals surface area contributed by atoms with Crippen molar-refractivity contribution in [3.63, 3.8) is 0 Å². The lowest BCUT2D eigenvalue weighted by atomic mass is 10.2. The molecular weight excluding hydrogens is 509 g/mol. The van der Waals surface area contributed by atoms with Crippen LogP contribution in [0.25, 0.3) is 5.69 Å². The van der Waals surface area contributed by atoms with Gasteiger partial charge in [0.15, 0.2) is 5.69 Å². The smallest absolute Gasteiger partial charge is 0.322 e. The van der Waals surface area contributed by atoms with Crippen LogP contribution in [0.4, 0.5) is 10.5 Å². The number of imide groups is 1. The number of aryl methyl sites for hydroxylation is 1. The number of para-hydroxylation sites is 2. The molecule has 0 saturated carbocycles. The number of amides is 3. The van der Waals surface area contributed by atoms with Crippen LogP contribution >= 0.6 is 23.2 Å². The van der Waals surface area contributed by atoms with Crippen LogP contribution in [0, 0.1) is 6.92 Å². The Labute approximate surface area is 225 Å². The van der Waals surface area contributed by atoms with E-state index >= 15 is 0 Å². The average molecular weight is 537 g/mol. The molecule has 190 valence electrons. The Kier molecular flexibility index (Phi) is 6.94. The lowest BCUT2D eigenvalue weighted by Gasteiger charge is -2.32. The first-order chi connectivity index (χ1) is 17.8. The Morgan fingerprint density at radius 1 is 1.08 bits per heavy atom. The number of likely N-dealkylation sites (tertiary alicyclic amines) is 1. The molecule has 1 fully saturated rings. The van der Waals surface area contributed by atoms with Gasteiger partial charge >= 0.3 is 11.9 Å². The molecule has 4 aromatic rings. The van der Waals surface area contributed by atoms with Crippen LogP contribution in [0.1, 0.15) is 41.5 Å². The van der Waals surface area contributed by atoms with Gasteiger partial charge in [-0.25, -0.2) is 9.59 Å². The van der Waals surface area contributed by atoms with E-state index in [2.05, 4.69) is 10.4 Å². The van der Waals surface area contributed by atoms with Crippen LogP contribution in [-0.2, 0) is 6.54 Å². The molecule has 2 aromatic carbocycles. The Bertz CT molecular complexity index is 1460. The fourth-order valence-electron chi connectivity index (χ4n) is 5.09. The van der Waals surface area contributed by atoms with Crippen LogP contribution < -0.4 is 5.32 Å². The van der Waals surface area contributed by atoms with E-state index in [1.54, 1.807) is 28.9 Å². The summed E-state index contributed by atoms with van der Waals surface area (Å²) in [6.07, 6.45) is 5.38. The fraction of sp³-hybridized carbons (Fsp3) is 0.250. The van der Waals surface area contributed by atoms with Crippen molar-refractivity contribution in [2.24, 2.45) is 0 Å². The molecule has 2 aromatic heterocycles. The second-order valence-corrected chi connectivity index (χ2v) is 10.3. The second kappa shape index (κ2) is 10.2. The lowest BCUT2D eigenvalue weighted by Crippen LogP contribution is -2.60. The molecule has 0 radical (unpaired) electrons. The first kappa shape index (κ1) is 25.3. The molecule has 0 aliphatic carbocycles. The number of nitrogens with zero attached hydrogens (tertiary/aromatic N) is 4. The van der Waals surface area contributed by atoms with E-state index in [0.29, 0.717) is 28.8 Å². The van der Waals surface area contributed by atoms with E-state index in [-0.39, 0.29) is 28.2 Å². The average Bonchev–Trinajstić information content (AvgIpc) is 3.63. The molecule has 2 atom stereocenters. The predicted molar refractivity (Wildman–Crippen MR) is 145 cm³/mol. The lowest BCUT2D eigenvalue weighted by molar-refractivity contribution is -0.775. The van der Waals surface area contributed by atoms with Gasteiger partial charge < -0.3 is 4.57 Å². The van der Waals surface area contributed by atoms with E-state index in [1.807, 2.05) is 67.2 Å². The first-order valence-corrected chi connectivity index (χ1v) is 13.0. The van der Waals surface area contributed by atoms with Crippen molar-refractivity contribution >= 4 is 40.8 Å². The van der Waals surface area contributed by atoms with Gasteiger partial charge in [0.2, 0.25) is 0 Å². The standard InChI is InChI=1S/C28H27Cl2N5O2/c1-19-16-25(32-34(19)18-21-17-22(29)11-12-23(21)30)27(36)35(15-7-8-20(35)2)28(37)31-24-9-3-4-10-26(24)33-13-5-6-14-33/h3-6,9-14,16-17,20H,7-8,15,18H2,1-2H3/p+1/t20-,35?/m1/s1. The van der Waals surface area contributed by atoms with Gasteiger partial charge in [0, 0.05) is 41.0 Å². The van der Waals surface area contributed by atoms with Gasteiger partial charge in [-0.1, -0.05) is 35.3 Å². The van der Waals surface area contributed by atoms with E-state index < -0.39 is 0 Å². The highest BCUT2D eigenvalue weighted by atomic mass is 35.5. The highest BCUT2D eigenvalue weighted by molar-refractivity contribution is 6.33. The SMILES string of the molecule is Cc1cc(C(=O)[N+]2(C(=O)Nc3ccccc3-n3cccc3)CCC[C@H]2C)nn1Cc1cc(Cl)ccc1Cl. The van der Waals surface area contributed by atoms with E-state index in [9.17, 15) is 9.59 Å². The summed E-state index contributed by atoms with van der Waals surface area (Å²) in [4.78, 5) is 28.0. The van der Waals surface area contributed by atoms with Crippen molar-refractivity contribution in [2.75, 3.05) is 11.9 Å². The highest BCUT2D eigenvalue weighted by Gasteiger charge is 2.54. The fourth-order valence-corrected chi connectivity index (χ4v) is 5.46. The zero-order valence-corrected chi connectivity index (χ0v) is 22.2. The molecule has 1 saturated heterocycles. The number of anilines is 1. The number of aromatic nitrogens is 3. The molecule has 9 heteroatoms. The highest BCUT2D eigenvalue weighted by Crippen LogP contribution is 2.32. The largest absolute Gasteiger partial charge is 0.429 e. The van der Waals surface area contributed by atoms with Gasteiger partial charge in [-0.3, -0.25) is 10.00 Å². The Balaban J connectivity index is 1.46. The van der Waals surface area contributed by atoms with Crippen LogP contribution in [0.2, 0.25) is 10.0 Å². The van der Waals surface area contributed by atoms with Gasteiger partial charge in [-0.2, -0.15) is 9.58 Å². The summed E-state index contributed by atoms with van der Waals surface area (Å²) in [5.74, 6) is -0.306. The minimum Gasteiger partial charge on any atom is -0.322 e. The minimum atomic E-state index is -0.348. The molecule has 37 heavy (non-hydrogen) atoms. The van der Waals surface area contributed by atoms with Crippen molar-refractivity contribution < 1.29 is 14.1 Å². The summed E-state index contributed by atoms with van der Waals surface area (Å²) in [6.45, 7) is 4.62. The molecule has 3 heterocycles. The first-order valence-electron chi connectivity index (χ1n) is 12.2. The van der Waals surface area contributed by atoms with E-state index in [0.717, 1.165) is 29.8 Å². The summed E-state index contributed by atoms with van der Waals surface area (Å²) in [6, 6.07) is 17.9. The predicted octanol–water partition coefficient (Wildman–Crippen LogP) is 6.71. The number of quaternary nitrogens is 1. The molecule has 7 nitrogen and oxygen atoms in total. The molecule has 1 N–H and O–H groups in total. The number of hydrogen-bond acceptors (Lipinski definition) is 3.